The lowest BCUT2D eigenvalue weighted by Gasteiger charge is -2.37. The van der Waals surface area contributed by atoms with Crippen molar-refractivity contribution in [2.24, 2.45) is 10.8 Å². The van der Waals surface area contributed by atoms with Crippen LogP contribution in [0.4, 0.5) is 0 Å². The summed E-state index contributed by atoms with van der Waals surface area (Å²) in [5, 5.41) is 16.6. The Morgan fingerprint density at radius 3 is 1.42 bits per heavy atom. The van der Waals surface area contributed by atoms with Crippen molar-refractivity contribution in [3.05, 3.63) is 96.1 Å². The zero-order valence-corrected chi connectivity index (χ0v) is 48.1. The van der Waals surface area contributed by atoms with Crippen LogP contribution >= 0.6 is 0 Å². The minimum absolute atomic E-state index is 0.0947. The summed E-state index contributed by atoms with van der Waals surface area (Å²) in [5.41, 5.74) is 1.36. The number of nitrogens with one attached hydrogen (secondary N) is 4. The first-order valence-electron chi connectivity index (χ1n) is 28.8. The summed E-state index contributed by atoms with van der Waals surface area (Å²) in [6.07, 6.45) is 10.7. The minimum atomic E-state index is -0.707. The van der Waals surface area contributed by atoms with Crippen LogP contribution in [0.15, 0.2) is 84.9 Å². The number of benzene rings is 4. The lowest BCUT2D eigenvalue weighted by molar-refractivity contribution is -0.142. The Bertz CT molecular complexity index is 2600. The molecule has 0 aliphatic carbocycles. The van der Waals surface area contributed by atoms with Crippen molar-refractivity contribution in [1.82, 2.24) is 40.9 Å². The number of hydrogen-bond donors (Lipinski definition) is 4. The van der Waals surface area contributed by atoms with Crippen LogP contribution in [0.2, 0.25) is 0 Å². The number of likely N-dealkylation sites (N-methyl/N-ethyl adjacent to an activating group) is 2. The molecule has 0 spiro atoms. The Balaban J connectivity index is 1.05. The van der Waals surface area contributed by atoms with Gasteiger partial charge in [0.25, 0.3) is 0 Å². The molecule has 4 aromatic carbocycles. The molecule has 77 heavy (non-hydrogen) atoms. The highest BCUT2D eigenvalue weighted by Crippen LogP contribution is 2.30. The van der Waals surface area contributed by atoms with Gasteiger partial charge in [0.1, 0.15) is 12.1 Å². The maximum atomic E-state index is 14.4. The van der Waals surface area contributed by atoms with Crippen LogP contribution < -0.4 is 21.3 Å². The first kappa shape index (κ1) is 60.4. The molecule has 2 saturated heterocycles. The first-order valence-corrected chi connectivity index (χ1v) is 28.8. The van der Waals surface area contributed by atoms with E-state index in [0.717, 1.165) is 64.2 Å². The molecule has 4 aromatic rings. The fourth-order valence-electron chi connectivity index (χ4n) is 11.3. The molecule has 14 heteroatoms. The SMILES string of the molecule is CNCC(=O)N[C@H](C(=O)N1CCC[C@H]1CN(CCc1cccc2ccccc12)C(=O)CCCCCCCCC(=O)N(CCc1cccc2ccccc12)C[C@@H]1CCCN1C(=O)[C@@H](NC(=O)[C@H](C)NC)C(C)(C)C)C(C)(C)C. The van der Waals surface area contributed by atoms with Gasteiger partial charge in [-0.15, -0.1) is 0 Å². The van der Waals surface area contributed by atoms with E-state index in [9.17, 15) is 28.8 Å². The van der Waals surface area contributed by atoms with Crippen molar-refractivity contribution in [3.8, 4) is 0 Å². The van der Waals surface area contributed by atoms with Gasteiger partial charge in [0.15, 0.2) is 0 Å². The normalized spacial score (nSPS) is 17.1. The molecule has 0 radical (unpaired) electrons. The van der Waals surface area contributed by atoms with E-state index < -0.39 is 29.0 Å². The van der Waals surface area contributed by atoms with E-state index in [2.05, 4.69) is 94.1 Å². The molecule has 0 saturated carbocycles. The summed E-state index contributed by atoms with van der Waals surface area (Å²) < 4.78 is 0. The predicted octanol–water partition coefficient (Wildman–Crippen LogP) is 8.43. The van der Waals surface area contributed by atoms with E-state index in [0.29, 0.717) is 65.0 Å². The smallest absolute Gasteiger partial charge is 0.246 e. The molecule has 0 bridgehead atoms. The van der Waals surface area contributed by atoms with Crippen molar-refractivity contribution >= 4 is 57.0 Å². The highest BCUT2D eigenvalue weighted by atomic mass is 16.2. The van der Waals surface area contributed by atoms with E-state index >= 15 is 0 Å². The number of fused-ring (bicyclic) bond motifs is 2. The molecule has 14 nitrogen and oxygen atoms in total. The second-order valence-corrected chi connectivity index (χ2v) is 23.9. The number of rotatable bonds is 27. The Morgan fingerprint density at radius 2 is 0.987 bits per heavy atom. The van der Waals surface area contributed by atoms with Crippen molar-refractivity contribution in [1.29, 1.82) is 0 Å². The zero-order chi connectivity index (χ0) is 55.7. The van der Waals surface area contributed by atoms with E-state index in [1.807, 2.05) is 73.3 Å². The lowest BCUT2D eigenvalue weighted by atomic mass is 9.85. The Kier molecular flexibility index (Phi) is 22.5. The van der Waals surface area contributed by atoms with Gasteiger partial charge in [0.05, 0.1) is 12.6 Å². The summed E-state index contributed by atoms with van der Waals surface area (Å²) >= 11 is 0. The zero-order valence-electron chi connectivity index (χ0n) is 48.1. The average molecular weight is 1060 g/mol. The third-order valence-electron chi connectivity index (χ3n) is 16.0. The molecule has 2 aliphatic rings. The summed E-state index contributed by atoms with van der Waals surface area (Å²) in [7, 11) is 3.44. The highest BCUT2D eigenvalue weighted by molar-refractivity contribution is 5.91. The largest absolute Gasteiger partial charge is 0.343 e. The maximum Gasteiger partial charge on any atom is 0.246 e. The fourth-order valence-corrected chi connectivity index (χ4v) is 11.3. The molecule has 2 heterocycles. The Hall–Kier alpha value is -5.86. The van der Waals surface area contributed by atoms with Gasteiger partial charge in [-0.2, -0.15) is 0 Å². The molecule has 420 valence electrons. The minimum Gasteiger partial charge on any atom is -0.343 e. The summed E-state index contributed by atoms with van der Waals surface area (Å²) in [5.74, 6) is -0.445. The second-order valence-electron chi connectivity index (χ2n) is 23.9. The first-order chi connectivity index (χ1) is 36.8. The average Bonchev–Trinajstić information content (AvgIpc) is 4.09. The van der Waals surface area contributed by atoms with Gasteiger partial charge in [-0.1, -0.05) is 152 Å². The van der Waals surface area contributed by atoms with Crippen LogP contribution in [-0.2, 0) is 41.6 Å². The van der Waals surface area contributed by atoms with E-state index in [1.165, 1.54) is 32.7 Å². The van der Waals surface area contributed by atoms with Crippen molar-refractivity contribution in [3.63, 3.8) is 0 Å². The predicted molar refractivity (Wildman–Crippen MR) is 310 cm³/mol. The van der Waals surface area contributed by atoms with Crippen LogP contribution in [0.25, 0.3) is 21.5 Å². The van der Waals surface area contributed by atoms with E-state index in [1.54, 1.807) is 21.0 Å². The highest BCUT2D eigenvalue weighted by Gasteiger charge is 2.42. The van der Waals surface area contributed by atoms with Gasteiger partial charge in [-0.3, -0.25) is 28.8 Å². The molecule has 6 amide bonds. The van der Waals surface area contributed by atoms with Gasteiger partial charge in [0, 0.05) is 64.2 Å². The monoisotopic (exact) mass is 1060 g/mol. The van der Waals surface area contributed by atoms with E-state index in [4.69, 9.17) is 0 Å². The second kappa shape index (κ2) is 28.7. The molecule has 5 atom stereocenters. The van der Waals surface area contributed by atoms with Crippen LogP contribution in [0.5, 0.6) is 0 Å². The number of hydrogen-bond acceptors (Lipinski definition) is 8. The molecule has 0 unspecified atom stereocenters. The number of carbonyl (C=O) groups excluding carboxylic acids is 6. The molecule has 4 N–H and O–H groups in total. The Morgan fingerprint density at radius 1 is 0.571 bits per heavy atom. The molecule has 2 fully saturated rings. The van der Waals surface area contributed by atoms with Gasteiger partial charge >= 0.3 is 0 Å². The molecule has 6 rings (SSSR count). The fraction of sp³-hybridized carbons (Fsp3) is 0.587. The standard InChI is InChI=1S/C63H92N8O6/c1-45(65-9)59(75)67-58(63(5,6)7)61(77)71-39-23-31-51(71)44-69(41-37-49-29-21-27-47-25-17-19-33-53(47)49)56(74)35-15-13-11-10-12-14-34-55(73)68(40-36-48-28-20-26-46-24-16-18-32-52(46)48)43-50-30-22-38-70(50)60(76)57(62(2,3)4)66-54(72)42-64-8/h16-21,24-29,32-33,45,50-51,57-58,64-65H,10-15,22-23,30-31,34-44H2,1-9H3,(H,66,72)(H,67,75)/t45-,50-,51-,57+,58+/m0/s1. The summed E-state index contributed by atoms with van der Waals surface area (Å²) in [6.45, 7) is 16.9. The van der Waals surface area contributed by atoms with Crippen LogP contribution in [0.3, 0.4) is 0 Å². The van der Waals surface area contributed by atoms with Gasteiger partial charge < -0.3 is 40.9 Å². The number of unbranched alkanes of at least 4 members (excludes halogenated alkanes) is 5. The van der Waals surface area contributed by atoms with Gasteiger partial charge in [-0.05, 0) is 116 Å². The van der Waals surface area contributed by atoms with E-state index in [-0.39, 0.29) is 54.1 Å². The van der Waals surface area contributed by atoms with Crippen molar-refractivity contribution in [2.45, 2.75) is 169 Å². The molecular weight excluding hydrogens is 965 g/mol. The third kappa shape index (κ3) is 17.1. The number of nitrogens with zero attached hydrogens (tertiary/aromatic N) is 4. The number of carbonyl (C=O) groups is 6. The lowest BCUT2D eigenvalue weighted by Crippen LogP contribution is -2.59. The van der Waals surface area contributed by atoms with Crippen molar-refractivity contribution in [2.75, 3.05) is 59.9 Å². The molecule has 2 aliphatic heterocycles. The van der Waals surface area contributed by atoms with Crippen LogP contribution in [0.1, 0.15) is 137 Å². The Labute approximate surface area is 460 Å². The topological polar surface area (TPSA) is 163 Å². The number of amides is 6. The molecule has 0 aromatic heterocycles. The molecular formula is C63H92N8O6. The quantitative estimate of drug-likeness (QED) is 0.0433. The number of likely N-dealkylation sites (tertiary alicyclic amines) is 2. The summed E-state index contributed by atoms with van der Waals surface area (Å²) in [6, 6.07) is 27.2. The van der Waals surface area contributed by atoms with Crippen LogP contribution in [-0.4, -0.2) is 145 Å². The maximum absolute atomic E-state index is 14.4. The van der Waals surface area contributed by atoms with Gasteiger partial charge in [0.2, 0.25) is 35.4 Å². The summed E-state index contributed by atoms with van der Waals surface area (Å²) in [4.78, 5) is 90.9. The van der Waals surface area contributed by atoms with Gasteiger partial charge in [-0.25, -0.2) is 0 Å². The van der Waals surface area contributed by atoms with Crippen LogP contribution in [0, 0.1) is 10.8 Å². The van der Waals surface area contributed by atoms with Crippen molar-refractivity contribution < 1.29 is 28.8 Å². The third-order valence-corrected chi connectivity index (χ3v) is 16.0.